The highest BCUT2D eigenvalue weighted by Gasteiger charge is 2.40. The molecule has 3 heteroatoms. The molecule has 0 aromatic carbocycles. The van der Waals surface area contributed by atoms with Gasteiger partial charge >= 0.3 is 0 Å². The van der Waals surface area contributed by atoms with Gasteiger partial charge in [0, 0.05) is 25.7 Å². The Morgan fingerprint density at radius 1 is 1.20 bits per heavy atom. The summed E-state index contributed by atoms with van der Waals surface area (Å²) in [4.78, 5) is 2.50. The Morgan fingerprint density at radius 3 is 2.13 bits per heavy atom. The van der Waals surface area contributed by atoms with Gasteiger partial charge in [0.2, 0.25) is 0 Å². The fraction of sp³-hybridized carbons (Fsp3) is 1.00. The van der Waals surface area contributed by atoms with E-state index in [0.29, 0.717) is 12.1 Å². The van der Waals surface area contributed by atoms with Crippen LogP contribution in [0.3, 0.4) is 0 Å². The highest BCUT2D eigenvalue weighted by molar-refractivity contribution is 4.94. The first kappa shape index (κ1) is 11.4. The van der Waals surface area contributed by atoms with Crippen LogP contribution < -0.4 is 5.73 Å². The Kier molecular flexibility index (Phi) is 3.65. The molecule has 2 unspecified atom stereocenters. The van der Waals surface area contributed by atoms with Crippen LogP contribution in [0.4, 0.5) is 0 Å². The van der Waals surface area contributed by atoms with Crippen LogP contribution in [0.15, 0.2) is 0 Å². The van der Waals surface area contributed by atoms with Gasteiger partial charge in [-0.3, -0.25) is 4.90 Å². The first-order valence-electron chi connectivity index (χ1n) is 6.18. The van der Waals surface area contributed by atoms with Crippen molar-refractivity contribution in [2.75, 3.05) is 27.3 Å². The summed E-state index contributed by atoms with van der Waals surface area (Å²) >= 11 is 0. The third-order valence-electron chi connectivity index (χ3n) is 3.96. The quantitative estimate of drug-likeness (QED) is 0.686. The third kappa shape index (κ3) is 2.71. The fourth-order valence-corrected chi connectivity index (χ4v) is 2.66. The van der Waals surface area contributed by atoms with Gasteiger partial charge in [0.1, 0.15) is 0 Å². The average Bonchev–Trinajstić information content (AvgIpc) is 3.05. The molecular weight excluding hydrogens is 188 g/mol. The predicted octanol–water partition coefficient (Wildman–Crippen LogP) is 1.08. The molecule has 0 spiro atoms. The van der Waals surface area contributed by atoms with Gasteiger partial charge in [0.25, 0.3) is 0 Å². The first-order valence-corrected chi connectivity index (χ1v) is 6.18. The monoisotopic (exact) mass is 212 g/mol. The normalized spacial score (nSPS) is 25.6. The number of likely N-dealkylation sites (N-methyl/N-ethyl adjacent to an activating group) is 1. The van der Waals surface area contributed by atoms with Gasteiger partial charge in [0.15, 0.2) is 0 Å². The summed E-state index contributed by atoms with van der Waals surface area (Å²) in [6, 6.07) is 1.19. The zero-order valence-electron chi connectivity index (χ0n) is 9.98. The molecule has 2 aliphatic rings. The Labute approximate surface area is 93.0 Å². The van der Waals surface area contributed by atoms with E-state index in [9.17, 15) is 0 Å². The molecule has 2 saturated carbocycles. The Bertz CT molecular complexity index is 202. The van der Waals surface area contributed by atoms with Gasteiger partial charge in [-0.2, -0.15) is 0 Å². The van der Waals surface area contributed by atoms with E-state index in [1.165, 1.54) is 25.7 Å². The lowest BCUT2D eigenvalue weighted by Gasteiger charge is -2.34. The van der Waals surface area contributed by atoms with Crippen molar-refractivity contribution < 1.29 is 4.74 Å². The van der Waals surface area contributed by atoms with E-state index in [1.54, 1.807) is 7.11 Å². The Hall–Kier alpha value is -0.120. The van der Waals surface area contributed by atoms with Crippen LogP contribution in [0.1, 0.15) is 25.7 Å². The highest BCUT2D eigenvalue weighted by atomic mass is 16.5. The number of nitrogens with two attached hydrogens (primary N) is 1. The van der Waals surface area contributed by atoms with E-state index in [-0.39, 0.29) is 0 Å². The van der Waals surface area contributed by atoms with Gasteiger partial charge in [0.05, 0.1) is 6.61 Å². The summed E-state index contributed by atoms with van der Waals surface area (Å²) in [6.45, 7) is 1.67. The summed E-state index contributed by atoms with van der Waals surface area (Å²) in [7, 11) is 4.04. The van der Waals surface area contributed by atoms with Gasteiger partial charge in [-0.1, -0.05) is 0 Å². The Morgan fingerprint density at radius 2 is 1.73 bits per heavy atom. The van der Waals surface area contributed by atoms with Crippen LogP contribution in [-0.4, -0.2) is 44.3 Å². The minimum Gasteiger partial charge on any atom is -0.383 e. The first-order chi connectivity index (χ1) is 7.27. The minimum absolute atomic E-state index is 0.589. The molecule has 0 aromatic rings. The maximum atomic E-state index is 5.89. The van der Waals surface area contributed by atoms with E-state index >= 15 is 0 Å². The second kappa shape index (κ2) is 4.81. The molecule has 2 atom stereocenters. The van der Waals surface area contributed by atoms with Crippen LogP contribution in [0.25, 0.3) is 0 Å². The largest absolute Gasteiger partial charge is 0.383 e. The number of rotatable bonds is 7. The highest BCUT2D eigenvalue weighted by Crippen LogP contribution is 2.40. The standard InChI is InChI=1S/C12H24N2O/c1-14(11(7-13)9-3-4-9)12(8-15-2)10-5-6-10/h9-12H,3-8,13H2,1-2H3. The van der Waals surface area contributed by atoms with Crippen molar-refractivity contribution in [1.29, 1.82) is 0 Å². The topological polar surface area (TPSA) is 38.5 Å². The minimum atomic E-state index is 0.589. The summed E-state index contributed by atoms with van der Waals surface area (Å²) in [5, 5.41) is 0. The number of methoxy groups -OCH3 is 1. The van der Waals surface area contributed by atoms with E-state index in [0.717, 1.165) is 25.0 Å². The summed E-state index contributed by atoms with van der Waals surface area (Å²) in [6.07, 6.45) is 5.49. The molecule has 2 rings (SSSR count). The van der Waals surface area contributed by atoms with Crippen molar-refractivity contribution in [3.63, 3.8) is 0 Å². The van der Waals surface area contributed by atoms with Gasteiger partial charge in [-0.15, -0.1) is 0 Å². The van der Waals surface area contributed by atoms with Crippen LogP contribution >= 0.6 is 0 Å². The average molecular weight is 212 g/mol. The van der Waals surface area contributed by atoms with E-state index in [4.69, 9.17) is 10.5 Å². The Balaban J connectivity index is 1.91. The molecule has 0 aromatic heterocycles. The van der Waals surface area contributed by atoms with E-state index < -0.39 is 0 Å². The SMILES string of the molecule is COCC(C1CC1)N(C)C(CN)C1CC1. The molecule has 0 aliphatic heterocycles. The van der Waals surface area contributed by atoms with Crippen molar-refractivity contribution in [3.8, 4) is 0 Å². The van der Waals surface area contributed by atoms with Crippen molar-refractivity contribution in [2.24, 2.45) is 17.6 Å². The smallest absolute Gasteiger partial charge is 0.0620 e. The number of hydrogen-bond acceptors (Lipinski definition) is 3. The predicted molar refractivity (Wildman–Crippen MR) is 61.7 cm³/mol. The van der Waals surface area contributed by atoms with Crippen molar-refractivity contribution in [2.45, 2.75) is 37.8 Å². The van der Waals surface area contributed by atoms with Gasteiger partial charge < -0.3 is 10.5 Å². The molecule has 2 N–H and O–H groups in total. The van der Waals surface area contributed by atoms with Crippen molar-refractivity contribution >= 4 is 0 Å². The summed E-state index contributed by atoms with van der Waals surface area (Å²) < 4.78 is 5.34. The van der Waals surface area contributed by atoms with Crippen molar-refractivity contribution in [1.82, 2.24) is 4.90 Å². The number of hydrogen-bond donors (Lipinski definition) is 1. The van der Waals surface area contributed by atoms with Crippen molar-refractivity contribution in [3.05, 3.63) is 0 Å². The van der Waals surface area contributed by atoms with Gasteiger partial charge in [-0.25, -0.2) is 0 Å². The summed E-state index contributed by atoms with van der Waals surface area (Å²) in [5.41, 5.74) is 5.89. The van der Waals surface area contributed by atoms with Crippen LogP contribution in [0, 0.1) is 11.8 Å². The van der Waals surface area contributed by atoms with Gasteiger partial charge in [-0.05, 0) is 44.6 Å². The molecule has 0 saturated heterocycles. The zero-order chi connectivity index (χ0) is 10.8. The number of nitrogens with zero attached hydrogens (tertiary/aromatic N) is 1. The summed E-state index contributed by atoms with van der Waals surface area (Å²) in [5.74, 6) is 1.72. The molecule has 15 heavy (non-hydrogen) atoms. The van der Waals surface area contributed by atoms with Crippen LogP contribution in [0.2, 0.25) is 0 Å². The zero-order valence-corrected chi connectivity index (χ0v) is 9.98. The van der Waals surface area contributed by atoms with E-state index in [2.05, 4.69) is 11.9 Å². The maximum Gasteiger partial charge on any atom is 0.0620 e. The van der Waals surface area contributed by atoms with Crippen LogP contribution in [-0.2, 0) is 4.74 Å². The molecular formula is C12H24N2O. The molecule has 0 bridgehead atoms. The second-order valence-electron chi connectivity index (χ2n) is 5.17. The molecule has 3 nitrogen and oxygen atoms in total. The molecule has 2 fully saturated rings. The maximum absolute atomic E-state index is 5.89. The number of ether oxygens (including phenoxy) is 1. The molecule has 0 radical (unpaired) electrons. The lowest BCUT2D eigenvalue weighted by molar-refractivity contribution is 0.0633. The molecule has 0 amide bonds. The lowest BCUT2D eigenvalue weighted by Crippen LogP contribution is -2.48. The molecule has 0 heterocycles. The lowest BCUT2D eigenvalue weighted by atomic mass is 10.1. The fourth-order valence-electron chi connectivity index (χ4n) is 2.66. The second-order valence-corrected chi connectivity index (χ2v) is 5.17. The third-order valence-corrected chi connectivity index (χ3v) is 3.96. The molecule has 2 aliphatic carbocycles. The van der Waals surface area contributed by atoms with E-state index in [1.807, 2.05) is 0 Å². The molecule has 88 valence electrons. The van der Waals surface area contributed by atoms with Crippen LogP contribution in [0.5, 0.6) is 0 Å².